The summed E-state index contributed by atoms with van der Waals surface area (Å²) in [5.41, 5.74) is 0. The first-order valence-electron chi connectivity index (χ1n) is 5.54. The molecule has 3 aromatic rings. The van der Waals surface area contributed by atoms with Gasteiger partial charge in [-0.25, -0.2) is 0 Å². The number of hydrogen-bond donors (Lipinski definition) is 1. The molecule has 0 heterocycles. The van der Waals surface area contributed by atoms with E-state index < -0.39 is 0 Å². The fourth-order valence-corrected chi connectivity index (χ4v) is 2.13. The van der Waals surface area contributed by atoms with Crippen molar-refractivity contribution in [2.24, 2.45) is 0 Å². The molecular formula is C14H11BO2. The van der Waals surface area contributed by atoms with Crippen LogP contribution in [0.1, 0.15) is 0 Å². The number of fused-ring (bicyclic) bond motifs is 2. The zero-order valence-corrected chi connectivity index (χ0v) is 9.26. The third-order valence-corrected chi connectivity index (χ3v) is 2.93. The lowest BCUT2D eigenvalue weighted by Crippen LogP contribution is -2.00. The van der Waals surface area contributed by atoms with Gasteiger partial charge in [-0.1, -0.05) is 36.4 Å². The van der Waals surface area contributed by atoms with Gasteiger partial charge in [-0.05, 0) is 34.4 Å². The second-order valence-corrected chi connectivity index (χ2v) is 3.95. The minimum Gasteiger partial charge on any atom is -0.538 e. The standard InChI is InChI=1S/C14H11BO2/c16-15-17-14-7-3-6-12-8-10-4-1-2-5-11(10)9-13(12)14/h1-9,15-16H. The fourth-order valence-electron chi connectivity index (χ4n) is 2.13. The first-order valence-corrected chi connectivity index (χ1v) is 5.54. The van der Waals surface area contributed by atoms with Gasteiger partial charge in [-0.2, -0.15) is 0 Å². The molecule has 0 saturated carbocycles. The first-order chi connectivity index (χ1) is 8.38. The molecule has 3 rings (SSSR count). The molecule has 0 unspecified atom stereocenters. The third kappa shape index (κ3) is 1.75. The molecule has 0 aliphatic carbocycles. The van der Waals surface area contributed by atoms with Gasteiger partial charge in [0.2, 0.25) is 0 Å². The quantitative estimate of drug-likeness (QED) is 0.533. The van der Waals surface area contributed by atoms with E-state index in [1.165, 1.54) is 10.8 Å². The predicted molar refractivity (Wildman–Crippen MR) is 71.4 cm³/mol. The highest BCUT2D eigenvalue weighted by atomic mass is 16.5. The van der Waals surface area contributed by atoms with Crippen molar-refractivity contribution < 1.29 is 9.68 Å². The van der Waals surface area contributed by atoms with E-state index in [9.17, 15) is 0 Å². The second-order valence-electron chi connectivity index (χ2n) is 3.95. The summed E-state index contributed by atoms with van der Waals surface area (Å²) in [6, 6.07) is 18.3. The van der Waals surface area contributed by atoms with Crippen molar-refractivity contribution in [3.63, 3.8) is 0 Å². The highest BCUT2D eigenvalue weighted by molar-refractivity contribution is 6.18. The van der Waals surface area contributed by atoms with Gasteiger partial charge in [0.15, 0.2) is 0 Å². The maximum absolute atomic E-state index is 8.87. The van der Waals surface area contributed by atoms with Crippen LogP contribution in [0.15, 0.2) is 54.6 Å². The Balaban J connectivity index is 2.35. The predicted octanol–water partition coefficient (Wildman–Crippen LogP) is 2.63. The minimum atomic E-state index is -0.300. The molecule has 1 N–H and O–H groups in total. The Morgan fingerprint density at radius 1 is 0.824 bits per heavy atom. The van der Waals surface area contributed by atoms with Crippen LogP contribution in [-0.2, 0) is 0 Å². The highest BCUT2D eigenvalue weighted by Crippen LogP contribution is 2.29. The monoisotopic (exact) mass is 222 g/mol. The first kappa shape index (κ1) is 10.2. The zero-order valence-electron chi connectivity index (χ0n) is 9.26. The van der Waals surface area contributed by atoms with Gasteiger partial charge < -0.3 is 9.68 Å². The molecule has 0 radical (unpaired) electrons. The summed E-state index contributed by atoms with van der Waals surface area (Å²) in [5.74, 6) is 0.718. The van der Waals surface area contributed by atoms with Crippen LogP contribution in [0.5, 0.6) is 5.75 Å². The molecule has 0 amide bonds. The van der Waals surface area contributed by atoms with E-state index in [2.05, 4.69) is 24.3 Å². The van der Waals surface area contributed by atoms with Gasteiger partial charge in [0.05, 0.1) is 0 Å². The molecule has 3 heteroatoms. The van der Waals surface area contributed by atoms with Crippen LogP contribution in [0.25, 0.3) is 21.5 Å². The Labute approximate surface area is 99.8 Å². The summed E-state index contributed by atoms with van der Waals surface area (Å²) >= 11 is 0. The van der Waals surface area contributed by atoms with Gasteiger partial charge in [0.25, 0.3) is 0 Å². The van der Waals surface area contributed by atoms with Crippen molar-refractivity contribution in [1.82, 2.24) is 0 Å². The van der Waals surface area contributed by atoms with Crippen molar-refractivity contribution in [3.05, 3.63) is 54.6 Å². The largest absolute Gasteiger partial charge is 0.538 e. The molecule has 17 heavy (non-hydrogen) atoms. The molecule has 3 aromatic carbocycles. The van der Waals surface area contributed by atoms with Crippen molar-refractivity contribution >= 4 is 29.2 Å². The zero-order chi connectivity index (χ0) is 11.7. The van der Waals surface area contributed by atoms with E-state index in [0.717, 1.165) is 16.5 Å². The van der Waals surface area contributed by atoms with Crippen LogP contribution in [0.2, 0.25) is 0 Å². The molecule has 0 atom stereocenters. The molecule has 0 aliphatic heterocycles. The molecule has 0 spiro atoms. The van der Waals surface area contributed by atoms with Crippen molar-refractivity contribution in [1.29, 1.82) is 0 Å². The number of rotatable bonds is 2. The van der Waals surface area contributed by atoms with E-state index in [4.69, 9.17) is 9.68 Å². The molecular weight excluding hydrogens is 211 g/mol. The van der Waals surface area contributed by atoms with Crippen LogP contribution in [0, 0.1) is 0 Å². The number of benzene rings is 3. The maximum atomic E-state index is 8.87. The Morgan fingerprint density at radius 2 is 1.53 bits per heavy atom. The molecule has 0 aliphatic rings. The van der Waals surface area contributed by atoms with Crippen molar-refractivity contribution in [2.45, 2.75) is 0 Å². The van der Waals surface area contributed by atoms with Gasteiger partial charge in [0, 0.05) is 5.39 Å². The summed E-state index contributed by atoms with van der Waals surface area (Å²) in [4.78, 5) is 0. The van der Waals surface area contributed by atoms with E-state index in [1.54, 1.807) is 0 Å². The van der Waals surface area contributed by atoms with Gasteiger partial charge >= 0.3 is 7.69 Å². The summed E-state index contributed by atoms with van der Waals surface area (Å²) in [5, 5.41) is 13.4. The van der Waals surface area contributed by atoms with E-state index >= 15 is 0 Å². The molecule has 2 nitrogen and oxygen atoms in total. The van der Waals surface area contributed by atoms with E-state index in [0.29, 0.717) is 0 Å². The third-order valence-electron chi connectivity index (χ3n) is 2.93. The lowest BCUT2D eigenvalue weighted by Gasteiger charge is -2.08. The van der Waals surface area contributed by atoms with Gasteiger partial charge in [-0.15, -0.1) is 0 Å². The molecule has 82 valence electrons. The van der Waals surface area contributed by atoms with Crippen molar-refractivity contribution in [2.75, 3.05) is 0 Å². The lowest BCUT2D eigenvalue weighted by atomic mass is 10.0. The summed E-state index contributed by atoms with van der Waals surface area (Å²) in [7, 11) is -0.300. The van der Waals surface area contributed by atoms with Crippen LogP contribution in [0.4, 0.5) is 0 Å². The summed E-state index contributed by atoms with van der Waals surface area (Å²) < 4.78 is 5.22. The highest BCUT2D eigenvalue weighted by Gasteiger charge is 2.03. The van der Waals surface area contributed by atoms with Gasteiger partial charge in [-0.3, -0.25) is 0 Å². The lowest BCUT2D eigenvalue weighted by molar-refractivity contribution is 0.457. The van der Waals surface area contributed by atoms with Crippen LogP contribution in [0.3, 0.4) is 0 Å². The topological polar surface area (TPSA) is 29.5 Å². The van der Waals surface area contributed by atoms with E-state index in [1.807, 2.05) is 30.3 Å². The van der Waals surface area contributed by atoms with Crippen molar-refractivity contribution in [3.8, 4) is 5.75 Å². The molecule has 0 aromatic heterocycles. The second kappa shape index (κ2) is 4.11. The minimum absolute atomic E-state index is 0.300. The molecule has 0 fully saturated rings. The van der Waals surface area contributed by atoms with Gasteiger partial charge in [0.1, 0.15) is 5.75 Å². The van der Waals surface area contributed by atoms with E-state index in [-0.39, 0.29) is 7.69 Å². The summed E-state index contributed by atoms with van der Waals surface area (Å²) in [6.45, 7) is 0. The Bertz CT molecular complexity index is 679. The maximum Gasteiger partial charge on any atom is 0.504 e. The number of hydrogen-bond acceptors (Lipinski definition) is 2. The fraction of sp³-hybridized carbons (Fsp3) is 0. The normalized spacial score (nSPS) is 10.6. The average Bonchev–Trinajstić information content (AvgIpc) is 2.37. The van der Waals surface area contributed by atoms with Crippen LogP contribution >= 0.6 is 0 Å². The smallest absolute Gasteiger partial charge is 0.504 e. The van der Waals surface area contributed by atoms with Crippen LogP contribution in [-0.4, -0.2) is 12.7 Å². The van der Waals surface area contributed by atoms with Crippen LogP contribution < -0.4 is 4.65 Å². The Hall–Kier alpha value is -2.00. The SMILES string of the molecule is OBOc1cccc2cc3ccccc3cc12. The summed E-state index contributed by atoms with van der Waals surface area (Å²) in [6.07, 6.45) is 0. The Kier molecular flexibility index (Phi) is 2.46. The Morgan fingerprint density at radius 3 is 2.29 bits per heavy atom. The average molecular weight is 222 g/mol. The molecule has 0 saturated heterocycles. The molecule has 0 bridgehead atoms.